The van der Waals surface area contributed by atoms with E-state index < -0.39 is 0 Å². The van der Waals surface area contributed by atoms with E-state index in [4.69, 9.17) is 5.73 Å². The first kappa shape index (κ1) is 16.1. The third-order valence-corrected chi connectivity index (χ3v) is 5.38. The standard InChI is InChI=1S/C19H24N4O2/c20-18(24)12-22-7-9-23(10-8-22)19(25)13-5-6-17-15(11-13)14-3-1-2-4-16(14)21-17/h5-6,11,21H,1-4,7-10,12H2,(H2,20,24). The van der Waals surface area contributed by atoms with Gasteiger partial charge in [-0.25, -0.2) is 0 Å². The molecular weight excluding hydrogens is 316 g/mol. The molecule has 1 aromatic heterocycles. The molecule has 0 radical (unpaired) electrons. The van der Waals surface area contributed by atoms with Gasteiger partial charge >= 0.3 is 0 Å². The van der Waals surface area contributed by atoms with Crippen molar-refractivity contribution in [1.82, 2.24) is 14.8 Å². The van der Waals surface area contributed by atoms with Crippen LogP contribution in [-0.4, -0.2) is 59.3 Å². The first-order chi connectivity index (χ1) is 12.1. The maximum Gasteiger partial charge on any atom is 0.253 e. The van der Waals surface area contributed by atoms with Crippen LogP contribution in [0.4, 0.5) is 0 Å². The predicted octanol–water partition coefficient (Wildman–Crippen LogP) is 1.29. The van der Waals surface area contributed by atoms with E-state index in [2.05, 4.69) is 4.98 Å². The summed E-state index contributed by atoms with van der Waals surface area (Å²) in [7, 11) is 0. The lowest BCUT2D eigenvalue weighted by Gasteiger charge is -2.34. The van der Waals surface area contributed by atoms with Crippen LogP contribution in [0.2, 0.25) is 0 Å². The quantitative estimate of drug-likeness (QED) is 0.883. The molecule has 1 saturated heterocycles. The summed E-state index contributed by atoms with van der Waals surface area (Å²) in [6.07, 6.45) is 4.66. The molecule has 1 aliphatic heterocycles. The summed E-state index contributed by atoms with van der Waals surface area (Å²) in [6, 6.07) is 6.00. The minimum absolute atomic E-state index is 0.0754. The van der Waals surface area contributed by atoms with Gasteiger partial charge in [0.2, 0.25) is 5.91 Å². The zero-order chi connectivity index (χ0) is 17.4. The zero-order valence-electron chi connectivity index (χ0n) is 14.4. The summed E-state index contributed by atoms with van der Waals surface area (Å²) in [5.41, 5.74) is 9.86. The lowest BCUT2D eigenvalue weighted by molar-refractivity contribution is -0.119. The first-order valence-electron chi connectivity index (χ1n) is 9.05. The van der Waals surface area contributed by atoms with Crippen molar-refractivity contribution in [1.29, 1.82) is 0 Å². The molecule has 2 aromatic rings. The number of fused-ring (bicyclic) bond motifs is 3. The normalized spacial score (nSPS) is 18.3. The number of amides is 2. The van der Waals surface area contributed by atoms with Crippen LogP contribution in [0.5, 0.6) is 0 Å². The third-order valence-electron chi connectivity index (χ3n) is 5.38. The number of nitrogens with two attached hydrogens (primary N) is 1. The number of primary amides is 1. The molecule has 0 saturated carbocycles. The fourth-order valence-corrected chi connectivity index (χ4v) is 4.05. The van der Waals surface area contributed by atoms with Crippen LogP contribution in [-0.2, 0) is 17.6 Å². The number of hydrogen-bond donors (Lipinski definition) is 2. The van der Waals surface area contributed by atoms with Crippen molar-refractivity contribution in [3.8, 4) is 0 Å². The molecule has 2 heterocycles. The smallest absolute Gasteiger partial charge is 0.253 e. The van der Waals surface area contributed by atoms with Crippen molar-refractivity contribution in [3.05, 3.63) is 35.0 Å². The fourth-order valence-electron chi connectivity index (χ4n) is 4.05. The van der Waals surface area contributed by atoms with E-state index in [0.29, 0.717) is 26.2 Å². The Morgan fingerprint density at radius 1 is 1.08 bits per heavy atom. The van der Waals surface area contributed by atoms with Gasteiger partial charge in [-0.3, -0.25) is 14.5 Å². The SMILES string of the molecule is NC(=O)CN1CCN(C(=O)c2ccc3[nH]c4c(c3c2)CCCC4)CC1. The Balaban J connectivity index is 1.52. The summed E-state index contributed by atoms with van der Waals surface area (Å²) in [6.45, 7) is 2.92. The second-order valence-corrected chi connectivity index (χ2v) is 7.08. The number of H-pyrrole nitrogens is 1. The lowest BCUT2D eigenvalue weighted by atomic mass is 9.95. The van der Waals surface area contributed by atoms with Crippen LogP contribution in [0.15, 0.2) is 18.2 Å². The molecule has 25 heavy (non-hydrogen) atoms. The number of piperazine rings is 1. The van der Waals surface area contributed by atoms with Crippen molar-refractivity contribution in [2.24, 2.45) is 5.73 Å². The number of benzene rings is 1. The summed E-state index contributed by atoms with van der Waals surface area (Å²) in [4.78, 5) is 31.3. The highest BCUT2D eigenvalue weighted by molar-refractivity contribution is 5.99. The monoisotopic (exact) mass is 340 g/mol. The topological polar surface area (TPSA) is 82.4 Å². The minimum atomic E-state index is -0.317. The third kappa shape index (κ3) is 3.14. The van der Waals surface area contributed by atoms with Crippen molar-refractivity contribution >= 4 is 22.7 Å². The molecule has 2 aliphatic rings. The Labute approximate surface area is 147 Å². The number of nitrogens with one attached hydrogen (secondary N) is 1. The lowest BCUT2D eigenvalue weighted by Crippen LogP contribution is -2.50. The Morgan fingerprint density at radius 2 is 1.84 bits per heavy atom. The molecular formula is C19H24N4O2. The highest BCUT2D eigenvalue weighted by Crippen LogP contribution is 2.30. The van der Waals surface area contributed by atoms with Crippen LogP contribution in [0.1, 0.15) is 34.5 Å². The number of carbonyl (C=O) groups excluding carboxylic acids is 2. The van der Waals surface area contributed by atoms with Crippen molar-refractivity contribution in [2.75, 3.05) is 32.7 Å². The molecule has 0 bridgehead atoms. The molecule has 2 amide bonds. The van der Waals surface area contributed by atoms with Crippen LogP contribution < -0.4 is 5.73 Å². The van der Waals surface area contributed by atoms with Crippen LogP contribution in [0.25, 0.3) is 10.9 Å². The number of aryl methyl sites for hydroxylation is 2. The van der Waals surface area contributed by atoms with Crippen LogP contribution in [0.3, 0.4) is 0 Å². The Bertz CT molecular complexity index is 818. The maximum absolute atomic E-state index is 12.9. The number of nitrogens with zero attached hydrogens (tertiary/aromatic N) is 2. The van der Waals surface area contributed by atoms with Gasteiger partial charge in [0, 0.05) is 48.3 Å². The molecule has 0 unspecified atom stereocenters. The predicted molar refractivity (Wildman–Crippen MR) is 96.5 cm³/mol. The van der Waals surface area contributed by atoms with Crippen LogP contribution in [0, 0.1) is 0 Å². The van der Waals surface area contributed by atoms with Gasteiger partial charge in [-0.2, -0.15) is 0 Å². The van der Waals surface area contributed by atoms with Gasteiger partial charge in [-0.05, 0) is 49.4 Å². The second-order valence-electron chi connectivity index (χ2n) is 7.08. The van der Waals surface area contributed by atoms with Gasteiger partial charge in [-0.15, -0.1) is 0 Å². The number of rotatable bonds is 3. The van der Waals surface area contributed by atoms with Gasteiger partial charge < -0.3 is 15.6 Å². The molecule has 6 nitrogen and oxygen atoms in total. The maximum atomic E-state index is 12.9. The van der Waals surface area contributed by atoms with Crippen molar-refractivity contribution < 1.29 is 9.59 Å². The molecule has 1 aliphatic carbocycles. The largest absolute Gasteiger partial charge is 0.369 e. The van der Waals surface area contributed by atoms with Gasteiger partial charge in [0.05, 0.1) is 6.54 Å². The van der Waals surface area contributed by atoms with E-state index in [-0.39, 0.29) is 18.4 Å². The number of aromatic amines is 1. The number of hydrogen-bond acceptors (Lipinski definition) is 3. The molecule has 0 spiro atoms. The van der Waals surface area contributed by atoms with E-state index in [0.717, 1.165) is 23.9 Å². The Kier molecular flexibility index (Phi) is 4.21. The van der Waals surface area contributed by atoms with Gasteiger partial charge in [-0.1, -0.05) is 0 Å². The zero-order valence-corrected chi connectivity index (χ0v) is 14.4. The minimum Gasteiger partial charge on any atom is -0.369 e. The highest BCUT2D eigenvalue weighted by Gasteiger charge is 2.24. The van der Waals surface area contributed by atoms with E-state index in [9.17, 15) is 9.59 Å². The average Bonchev–Trinajstić information content (AvgIpc) is 2.99. The van der Waals surface area contributed by atoms with Gasteiger partial charge in [0.1, 0.15) is 0 Å². The summed E-state index contributed by atoms with van der Waals surface area (Å²) in [5.74, 6) is -0.242. The van der Waals surface area contributed by atoms with Gasteiger partial charge in [0.25, 0.3) is 5.91 Å². The first-order valence-corrected chi connectivity index (χ1v) is 9.05. The summed E-state index contributed by atoms with van der Waals surface area (Å²) >= 11 is 0. The summed E-state index contributed by atoms with van der Waals surface area (Å²) in [5, 5.41) is 1.20. The molecule has 132 valence electrons. The van der Waals surface area contributed by atoms with E-state index >= 15 is 0 Å². The van der Waals surface area contributed by atoms with E-state index in [1.165, 1.54) is 29.5 Å². The molecule has 1 fully saturated rings. The van der Waals surface area contributed by atoms with E-state index in [1.54, 1.807) is 0 Å². The Morgan fingerprint density at radius 3 is 2.60 bits per heavy atom. The molecule has 0 atom stereocenters. The van der Waals surface area contributed by atoms with Gasteiger partial charge in [0.15, 0.2) is 0 Å². The fraction of sp³-hybridized carbons (Fsp3) is 0.474. The molecule has 6 heteroatoms. The van der Waals surface area contributed by atoms with Crippen molar-refractivity contribution in [3.63, 3.8) is 0 Å². The molecule has 1 aromatic carbocycles. The van der Waals surface area contributed by atoms with Crippen LogP contribution >= 0.6 is 0 Å². The van der Waals surface area contributed by atoms with E-state index in [1.807, 2.05) is 28.0 Å². The average molecular weight is 340 g/mol. The second kappa shape index (κ2) is 6.52. The summed E-state index contributed by atoms with van der Waals surface area (Å²) < 4.78 is 0. The highest BCUT2D eigenvalue weighted by atomic mass is 16.2. The molecule has 3 N–H and O–H groups in total. The Hall–Kier alpha value is -2.34. The number of carbonyl (C=O) groups is 2. The molecule has 4 rings (SSSR count). The number of aromatic nitrogens is 1. The van der Waals surface area contributed by atoms with Crippen molar-refractivity contribution in [2.45, 2.75) is 25.7 Å².